The summed E-state index contributed by atoms with van der Waals surface area (Å²) in [5.41, 5.74) is 2.00. The lowest BCUT2D eigenvalue weighted by molar-refractivity contribution is -0.939. The number of anilines is 1. The van der Waals surface area contributed by atoms with E-state index in [0.717, 1.165) is 13.1 Å². The summed E-state index contributed by atoms with van der Waals surface area (Å²) in [4.78, 5) is 11.6. The number of benzene rings is 1. The van der Waals surface area contributed by atoms with Crippen LogP contribution in [0.3, 0.4) is 0 Å². The SMILES string of the molecule is CCN(CC[N+]12CCN(CC1)CC2)c1ccc(/N=N/c2nc(C#N)c(C#N)[nH]2)cc1. The van der Waals surface area contributed by atoms with Gasteiger partial charge in [0.05, 0.1) is 38.4 Å². The Morgan fingerprint density at radius 1 is 1.10 bits per heavy atom. The number of azo groups is 1. The molecule has 0 unspecified atom stereocenters. The molecule has 0 saturated carbocycles. The molecule has 1 aromatic carbocycles. The smallest absolute Gasteiger partial charge is 0.249 e. The van der Waals surface area contributed by atoms with Gasteiger partial charge in [-0.15, -0.1) is 10.2 Å². The van der Waals surface area contributed by atoms with Crippen LogP contribution in [0, 0.1) is 22.7 Å². The normalized spacial score (nSPS) is 22.7. The van der Waals surface area contributed by atoms with Gasteiger partial charge < -0.3 is 14.4 Å². The van der Waals surface area contributed by atoms with Crippen LogP contribution in [0.4, 0.5) is 17.3 Å². The summed E-state index contributed by atoms with van der Waals surface area (Å²) in [6.45, 7) is 13.0. The van der Waals surface area contributed by atoms with Crippen molar-refractivity contribution in [1.82, 2.24) is 14.9 Å². The molecular weight excluding hydrogens is 378 g/mol. The largest absolute Gasteiger partial charge is 0.366 e. The zero-order valence-corrected chi connectivity index (χ0v) is 17.3. The maximum atomic E-state index is 8.96. The van der Waals surface area contributed by atoms with Gasteiger partial charge in [-0.25, -0.2) is 0 Å². The molecule has 1 aromatic heterocycles. The summed E-state index contributed by atoms with van der Waals surface area (Å²) in [6.07, 6.45) is 0. The first kappa shape index (κ1) is 20.0. The van der Waals surface area contributed by atoms with Crippen molar-refractivity contribution >= 4 is 17.3 Å². The number of nitrogens with one attached hydrogen (secondary N) is 1. The van der Waals surface area contributed by atoms with E-state index in [1.165, 1.54) is 56.0 Å². The van der Waals surface area contributed by atoms with Crippen LogP contribution in [0.25, 0.3) is 0 Å². The minimum absolute atomic E-state index is 0.0295. The van der Waals surface area contributed by atoms with Gasteiger partial charge in [0.25, 0.3) is 0 Å². The van der Waals surface area contributed by atoms with Gasteiger partial charge in [-0.3, -0.25) is 4.90 Å². The second-order valence-corrected chi connectivity index (χ2v) is 7.88. The van der Waals surface area contributed by atoms with Gasteiger partial charge in [-0.1, -0.05) is 0 Å². The topological polar surface area (TPSA) is 107 Å². The Labute approximate surface area is 176 Å². The van der Waals surface area contributed by atoms with Crippen molar-refractivity contribution in [2.75, 3.05) is 63.8 Å². The zero-order valence-electron chi connectivity index (χ0n) is 17.3. The van der Waals surface area contributed by atoms with Crippen LogP contribution < -0.4 is 4.90 Å². The molecule has 0 spiro atoms. The van der Waals surface area contributed by atoms with E-state index in [9.17, 15) is 0 Å². The Hall–Kier alpha value is -3.27. The molecule has 1 N–H and O–H groups in total. The monoisotopic (exact) mass is 404 g/mol. The lowest BCUT2D eigenvalue weighted by atomic mass is 10.1. The standard InChI is InChI=1S/C21H26N9/c1-2-29(10-14-30-11-7-28(8-12-30)9-13-30)18-5-3-17(4-6-18)26-27-21-24-19(15-22)20(16-23)25-21/h3-6H,2,7-14H2,1H3,(H,24,25)/q+1/b27-26+. The Bertz CT molecular complexity index is 940. The first-order valence-electron chi connectivity index (χ1n) is 10.4. The number of rotatable bonds is 7. The van der Waals surface area contributed by atoms with Crippen molar-refractivity contribution < 1.29 is 4.48 Å². The van der Waals surface area contributed by atoms with Gasteiger partial charge in [0, 0.05) is 31.9 Å². The summed E-state index contributed by atoms with van der Waals surface area (Å²) in [5.74, 6) is 0.151. The predicted octanol–water partition coefficient (Wildman–Crippen LogP) is 2.54. The van der Waals surface area contributed by atoms with Gasteiger partial charge in [0.2, 0.25) is 5.95 Å². The van der Waals surface area contributed by atoms with Gasteiger partial charge in [-0.2, -0.15) is 15.5 Å². The average molecular weight is 405 g/mol. The molecule has 5 rings (SSSR count). The number of piperazine rings is 3. The highest BCUT2D eigenvalue weighted by Gasteiger charge is 2.38. The molecule has 0 radical (unpaired) electrons. The lowest BCUT2D eigenvalue weighted by Crippen LogP contribution is -2.68. The molecule has 0 aliphatic carbocycles. The van der Waals surface area contributed by atoms with E-state index in [1.54, 1.807) is 0 Å². The van der Waals surface area contributed by atoms with Crippen molar-refractivity contribution in [2.45, 2.75) is 6.92 Å². The van der Waals surface area contributed by atoms with Crippen LogP contribution in [-0.4, -0.2) is 78.3 Å². The number of nitrogens with zero attached hydrogens (tertiary/aromatic N) is 8. The molecule has 2 aromatic rings. The molecule has 3 fully saturated rings. The minimum atomic E-state index is 0.0295. The number of hydrogen-bond donors (Lipinski definition) is 1. The molecule has 0 amide bonds. The van der Waals surface area contributed by atoms with Gasteiger partial charge >= 0.3 is 0 Å². The van der Waals surface area contributed by atoms with Crippen LogP contribution >= 0.6 is 0 Å². The van der Waals surface area contributed by atoms with E-state index in [4.69, 9.17) is 10.5 Å². The third-order valence-electron chi connectivity index (χ3n) is 6.28. The third-order valence-corrected chi connectivity index (χ3v) is 6.28. The van der Waals surface area contributed by atoms with Crippen LogP contribution in [0.1, 0.15) is 18.3 Å². The quantitative estimate of drug-likeness (QED) is 0.564. The highest BCUT2D eigenvalue weighted by molar-refractivity contribution is 5.52. The number of hydrogen-bond acceptors (Lipinski definition) is 7. The predicted molar refractivity (Wildman–Crippen MR) is 113 cm³/mol. The van der Waals surface area contributed by atoms with Crippen molar-refractivity contribution in [3.8, 4) is 12.1 Å². The maximum Gasteiger partial charge on any atom is 0.249 e. The molecule has 0 atom stereocenters. The van der Waals surface area contributed by atoms with Crippen LogP contribution in [-0.2, 0) is 0 Å². The van der Waals surface area contributed by atoms with E-state index >= 15 is 0 Å². The number of likely N-dealkylation sites (N-methyl/N-ethyl adjacent to an activating group) is 1. The van der Waals surface area contributed by atoms with Crippen molar-refractivity contribution in [1.29, 1.82) is 10.5 Å². The van der Waals surface area contributed by atoms with Gasteiger partial charge in [-0.05, 0) is 31.2 Å². The van der Waals surface area contributed by atoms with Crippen LogP contribution in [0.15, 0.2) is 34.5 Å². The molecule has 3 aliphatic heterocycles. The van der Waals surface area contributed by atoms with E-state index in [1.807, 2.05) is 24.3 Å². The summed E-state index contributed by atoms with van der Waals surface area (Å²) in [5, 5.41) is 26.1. The molecule has 9 nitrogen and oxygen atoms in total. The molecule has 4 heterocycles. The fraction of sp³-hybridized carbons (Fsp3) is 0.476. The van der Waals surface area contributed by atoms with Crippen LogP contribution in [0.2, 0.25) is 0 Å². The third kappa shape index (κ3) is 4.18. The minimum Gasteiger partial charge on any atom is -0.366 e. The van der Waals surface area contributed by atoms with E-state index in [2.05, 4.69) is 49.1 Å². The maximum absolute atomic E-state index is 8.96. The van der Waals surface area contributed by atoms with Gasteiger partial charge in [0.1, 0.15) is 12.1 Å². The van der Waals surface area contributed by atoms with E-state index in [0.29, 0.717) is 5.69 Å². The summed E-state index contributed by atoms with van der Waals surface area (Å²) in [6, 6.07) is 11.7. The second-order valence-electron chi connectivity index (χ2n) is 7.88. The molecule has 3 aliphatic rings. The summed E-state index contributed by atoms with van der Waals surface area (Å²) in [7, 11) is 0. The lowest BCUT2D eigenvalue weighted by Gasteiger charge is -2.51. The molecule has 30 heavy (non-hydrogen) atoms. The number of imidazole rings is 1. The molecule has 9 heteroatoms. The van der Waals surface area contributed by atoms with Crippen LogP contribution in [0.5, 0.6) is 0 Å². The first-order chi connectivity index (χ1) is 14.6. The van der Waals surface area contributed by atoms with Crippen molar-refractivity contribution in [3.05, 3.63) is 35.7 Å². The highest BCUT2D eigenvalue weighted by atomic mass is 15.5. The van der Waals surface area contributed by atoms with E-state index in [-0.39, 0.29) is 17.3 Å². The van der Waals surface area contributed by atoms with E-state index < -0.39 is 0 Å². The molecular formula is C21H26N9+. The fourth-order valence-corrected chi connectivity index (χ4v) is 4.27. The molecule has 154 valence electrons. The number of nitriles is 2. The number of H-pyrrole nitrogens is 1. The molecule has 2 bridgehead atoms. The Morgan fingerprint density at radius 3 is 2.37 bits per heavy atom. The summed E-state index contributed by atoms with van der Waals surface area (Å²) < 4.78 is 1.26. The number of aromatic amines is 1. The zero-order chi connectivity index (χ0) is 21.0. The number of fused-ring (bicyclic) bond motifs is 3. The van der Waals surface area contributed by atoms with Gasteiger partial charge in [0.15, 0.2) is 11.4 Å². The highest BCUT2D eigenvalue weighted by Crippen LogP contribution is 2.24. The Kier molecular flexibility index (Phi) is 5.75. The Morgan fingerprint density at radius 2 is 1.80 bits per heavy atom. The fourth-order valence-electron chi connectivity index (χ4n) is 4.27. The number of quaternary nitrogens is 1. The second kappa shape index (κ2) is 8.62. The first-order valence-corrected chi connectivity index (χ1v) is 10.4. The average Bonchev–Trinajstić information content (AvgIpc) is 3.22. The Balaban J connectivity index is 1.38. The van der Waals surface area contributed by atoms with Crippen molar-refractivity contribution in [3.63, 3.8) is 0 Å². The molecule has 3 saturated heterocycles. The van der Waals surface area contributed by atoms with Crippen molar-refractivity contribution in [2.24, 2.45) is 10.2 Å². The summed E-state index contributed by atoms with van der Waals surface area (Å²) >= 11 is 0. The number of aromatic nitrogens is 2.